The van der Waals surface area contributed by atoms with Crippen molar-refractivity contribution in [3.05, 3.63) is 41.8 Å². The van der Waals surface area contributed by atoms with Gasteiger partial charge in [0.2, 0.25) is 5.91 Å². The van der Waals surface area contributed by atoms with Crippen LogP contribution in [0.25, 0.3) is 0 Å². The molecule has 104 valence electrons. The van der Waals surface area contributed by atoms with Crippen molar-refractivity contribution in [1.82, 2.24) is 20.0 Å². The molecular weight excluding hydrogens is 256 g/mol. The predicted octanol–water partition coefficient (Wildman–Crippen LogP) is 1.68. The number of carbonyl (C=O) groups is 1. The lowest BCUT2D eigenvalue weighted by atomic mass is 10.1. The molecule has 1 amide bonds. The van der Waals surface area contributed by atoms with Crippen molar-refractivity contribution in [3.63, 3.8) is 0 Å². The molecule has 3 rings (SSSR count). The van der Waals surface area contributed by atoms with Crippen molar-refractivity contribution in [1.29, 1.82) is 0 Å². The van der Waals surface area contributed by atoms with Crippen LogP contribution in [0.2, 0.25) is 0 Å². The van der Waals surface area contributed by atoms with Gasteiger partial charge in [-0.15, -0.1) is 0 Å². The highest BCUT2D eigenvalue weighted by Crippen LogP contribution is 2.32. The third kappa shape index (κ3) is 2.54. The van der Waals surface area contributed by atoms with Gasteiger partial charge < -0.3 is 9.42 Å². The Labute approximate surface area is 116 Å². The van der Waals surface area contributed by atoms with Gasteiger partial charge in [-0.25, -0.2) is 0 Å². The minimum absolute atomic E-state index is 0.000344. The summed E-state index contributed by atoms with van der Waals surface area (Å²) in [5.74, 6) is 0.828. The van der Waals surface area contributed by atoms with Crippen LogP contribution in [-0.2, 0) is 11.2 Å². The van der Waals surface area contributed by atoms with E-state index in [0.29, 0.717) is 5.69 Å². The Balaban J connectivity index is 1.73. The molecule has 2 aromatic heterocycles. The van der Waals surface area contributed by atoms with Crippen LogP contribution in [0, 0.1) is 6.92 Å². The first-order chi connectivity index (χ1) is 9.74. The average Bonchev–Trinajstić information content (AvgIpc) is 3.08. The van der Waals surface area contributed by atoms with Crippen molar-refractivity contribution in [3.8, 4) is 0 Å². The Kier molecular flexibility index (Phi) is 3.45. The molecule has 2 aromatic rings. The Morgan fingerprint density at radius 1 is 1.50 bits per heavy atom. The number of aryl methyl sites for hydroxylation is 1. The van der Waals surface area contributed by atoms with Crippen LogP contribution in [0.5, 0.6) is 0 Å². The van der Waals surface area contributed by atoms with Crippen LogP contribution in [0.1, 0.15) is 36.0 Å². The number of carbonyl (C=O) groups excluding carboxylic acids is 1. The summed E-state index contributed by atoms with van der Waals surface area (Å²) in [7, 11) is 0. The van der Waals surface area contributed by atoms with Crippen LogP contribution >= 0.6 is 0 Å². The third-order valence-electron chi connectivity index (χ3n) is 3.50. The van der Waals surface area contributed by atoms with Gasteiger partial charge in [0.05, 0.1) is 23.9 Å². The van der Waals surface area contributed by atoms with E-state index in [9.17, 15) is 4.79 Å². The molecule has 3 heterocycles. The number of nitrogens with zero attached hydrogens (tertiary/aromatic N) is 4. The normalized spacial score (nSPS) is 18.4. The van der Waals surface area contributed by atoms with Gasteiger partial charge in [-0.3, -0.25) is 14.8 Å². The third-order valence-corrected chi connectivity index (χ3v) is 3.50. The number of hydrogen-bond acceptors (Lipinski definition) is 5. The molecule has 0 radical (unpaired) electrons. The molecule has 1 saturated heterocycles. The molecule has 1 aliphatic heterocycles. The van der Waals surface area contributed by atoms with E-state index in [-0.39, 0.29) is 18.4 Å². The summed E-state index contributed by atoms with van der Waals surface area (Å²) in [5, 5.41) is 3.90. The molecule has 1 atom stereocenters. The standard InChI is InChI=1S/C14H16N4O2/c1-10-7-13(20-17-10)12-3-2-6-18(12)14(19)8-11-9-15-4-5-16-11/h4-5,7,9,12H,2-3,6,8H2,1H3. The highest BCUT2D eigenvalue weighted by atomic mass is 16.5. The molecule has 20 heavy (non-hydrogen) atoms. The Morgan fingerprint density at radius 3 is 3.10 bits per heavy atom. The lowest BCUT2D eigenvalue weighted by Crippen LogP contribution is -2.31. The highest BCUT2D eigenvalue weighted by molar-refractivity contribution is 5.79. The Bertz CT molecular complexity index is 596. The molecule has 0 aromatic carbocycles. The summed E-state index contributed by atoms with van der Waals surface area (Å²) < 4.78 is 5.31. The fraction of sp³-hybridized carbons (Fsp3) is 0.429. The summed E-state index contributed by atoms with van der Waals surface area (Å²) >= 11 is 0. The predicted molar refractivity (Wildman–Crippen MR) is 70.7 cm³/mol. The van der Waals surface area contributed by atoms with Crippen molar-refractivity contribution in [2.75, 3.05) is 6.54 Å². The molecular formula is C14H16N4O2. The number of amides is 1. The molecule has 0 saturated carbocycles. The van der Waals surface area contributed by atoms with E-state index >= 15 is 0 Å². The lowest BCUT2D eigenvalue weighted by Gasteiger charge is -2.22. The van der Waals surface area contributed by atoms with Gasteiger partial charge in [-0.05, 0) is 19.8 Å². The smallest absolute Gasteiger partial charge is 0.229 e. The fourth-order valence-corrected chi connectivity index (χ4v) is 2.58. The SMILES string of the molecule is Cc1cc(C2CCCN2C(=O)Cc2cnccn2)on1. The monoisotopic (exact) mass is 272 g/mol. The maximum absolute atomic E-state index is 12.4. The molecule has 0 spiro atoms. The van der Waals surface area contributed by atoms with E-state index in [4.69, 9.17) is 4.52 Å². The minimum atomic E-state index is 0.000344. The van der Waals surface area contributed by atoms with Crippen molar-refractivity contribution in [2.24, 2.45) is 0 Å². The molecule has 0 bridgehead atoms. The summed E-state index contributed by atoms with van der Waals surface area (Å²) in [6, 6.07) is 1.90. The van der Waals surface area contributed by atoms with Crippen LogP contribution in [0.15, 0.2) is 29.2 Å². The maximum Gasteiger partial charge on any atom is 0.229 e. The van der Waals surface area contributed by atoms with Crippen LogP contribution < -0.4 is 0 Å². The zero-order valence-corrected chi connectivity index (χ0v) is 11.3. The van der Waals surface area contributed by atoms with Crippen molar-refractivity contribution in [2.45, 2.75) is 32.2 Å². The van der Waals surface area contributed by atoms with Gasteiger partial charge in [0.1, 0.15) is 0 Å². The summed E-state index contributed by atoms with van der Waals surface area (Å²) in [6.07, 6.45) is 7.00. The Morgan fingerprint density at radius 2 is 2.40 bits per heavy atom. The van der Waals surface area contributed by atoms with E-state index < -0.39 is 0 Å². The summed E-state index contributed by atoms with van der Waals surface area (Å²) in [6.45, 7) is 2.64. The van der Waals surface area contributed by atoms with Crippen LogP contribution in [0.4, 0.5) is 0 Å². The van der Waals surface area contributed by atoms with Gasteiger partial charge in [-0.1, -0.05) is 5.16 Å². The second-order valence-corrected chi connectivity index (χ2v) is 4.99. The summed E-state index contributed by atoms with van der Waals surface area (Å²) in [4.78, 5) is 22.4. The number of aromatic nitrogens is 3. The van der Waals surface area contributed by atoms with Crippen molar-refractivity contribution >= 4 is 5.91 Å². The first-order valence-corrected chi connectivity index (χ1v) is 6.71. The highest BCUT2D eigenvalue weighted by Gasteiger charge is 2.32. The molecule has 0 aliphatic carbocycles. The Hall–Kier alpha value is -2.24. The molecule has 1 aliphatic rings. The quantitative estimate of drug-likeness (QED) is 0.850. The van der Waals surface area contributed by atoms with E-state index in [1.807, 2.05) is 17.9 Å². The topological polar surface area (TPSA) is 72.1 Å². The van der Waals surface area contributed by atoms with Crippen LogP contribution in [0.3, 0.4) is 0 Å². The molecule has 1 unspecified atom stereocenters. The fourth-order valence-electron chi connectivity index (χ4n) is 2.58. The zero-order valence-electron chi connectivity index (χ0n) is 11.3. The van der Waals surface area contributed by atoms with Gasteiger partial charge in [0.15, 0.2) is 5.76 Å². The molecule has 6 heteroatoms. The van der Waals surface area contributed by atoms with Crippen LogP contribution in [-0.4, -0.2) is 32.5 Å². The first-order valence-electron chi connectivity index (χ1n) is 6.71. The maximum atomic E-state index is 12.4. The largest absolute Gasteiger partial charge is 0.359 e. The van der Waals surface area contributed by atoms with E-state index in [1.165, 1.54) is 0 Å². The number of hydrogen-bond donors (Lipinski definition) is 0. The second-order valence-electron chi connectivity index (χ2n) is 4.99. The second kappa shape index (κ2) is 5.40. The minimum Gasteiger partial charge on any atom is -0.359 e. The summed E-state index contributed by atoms with van der Waals surface area (Å²) in [5.41, 5.74) is 1.53. The molecule has 0 N–H and O–H groups in total. The van der Waals surface area contributed by atoms with Gasteiger partial charge in [0.25, 0.3) is 0 Å². The van der Waals surface area contributed by atoms with E-state index in [1.54, 1.807) is 18.6 Å². The van der Waals surface area contributed by atoms with E-state index in [2.05, 4.69) is 15.1 Å². The number of likely N-dealkylation sites (tertiary alicyclic amines) is 1. The van der Waals surface area contributed by atoms with Gasteiger partial charge in [0, 0.05) is 31.2 Å². The zero-order chi connectivity index (χ0) is 13.9. The number of rotatable bonds is 3. The molecule has 1 fully saturated rings. The van der Waals surface area contributed by atoms with Gasteiger partial charge >= 0.3 is 0 Å². The lowest BCUT2D eigenvalue weighted by molar-refractivity contribution is -0.131. The average molecular weight is 272 g/mol. The van der Waals surface area contributed by atoms with E-state index in [0.717, 1.165) is 30.8 Å². The van der Waals surface area contributed by atoms with Crippen molar-refractivity contribution < 1.29 is 9.32 Å². The van der Waals surface area contributed by atoms with Gasteiger partial charge in [-0.2, -0.15) is 0 Å². The first kappa shape index (κ1) is 12.8. The molecule has 6 nitrogen and oxygen atoms in total.